The molecule has 1 aliphatic rings. The average Bonchev–Trinajstić information content (AvgIpc) is 2.74. The van der Waals surface area contributed by atoms with Crippen LogP contribution in [0.2, 0.25) is 0 Å². The minimum absolute atomic E-state index is 0.0427. The summed E-state index contributed by atoms with van der Waals surface area (Å²) in [5.41, 5.74) is 3.83. The van der Waals surface area contributed by atoms with Gasteiger partial charge in [-0.2, -0.15) is 16.9 Å². The van der Waals surface area contributed by atoms with Crippen LogP contribution in [0.1, 0.15) is 16.8 Å². The number of aromatic amines is 1. The van der Waals surface area contributed by atoms with Gasteiger partial charge in [0.2, 0.25) is 0 Å². The number of nitrogens with zero attached hydrogens (tertiary/aromatic N) is 2. The third kappa shape index (κ3) is 0.901. The van der Waals surface area contributed by atoms with Gasteiger partial charge in [0.05, 0.1) is 11.9 Å². The molecule has 0 aromatic carbocycles. The van der Waals surface area contributed by atoms with E-state index in [0.717, 1.165) is 34.0 Å². The molecule has 4 nitrogen and oxygen atoms in total. The van der Waals surface area contributed by atoms with Crippen molar-refractivity contribution in [1.29, 1.82) is 0 Å². The number of thioether (sulfide) groups is 1. The van der Waals surface area contributed by atoms with Crippen LogP contribution in [0.25, 0.3) is 5.65 Å². The van der Waals surface area contributed by atoms with E-state index in [1.165, 1.54) is 0 Å². The Labute approximate surface area is 84.3 Å². The molecule has 0 radical (unpaired) electrons. The molecule has 0 spiro atoms. The van der Waals surface area contributed by atoms with Gasteiger partial charge < -0.3 is 4.98 Å². The smallest absolute Gasteiger partial charge is 0.255 e. The topological polar surface area (TPSA) is 50.2 Å². The zero-order chi connectivity index (χ0) is 9.71. The Kier molecular flexibility index (Phi) is 1.53. The van der Waals surface area contributed by atoms with Crippen LogP contribution in [0.4, 0.5) is 0 Å². The van der Waals surface area contributed by atoms with Crippen molar-refractivity contribution in [3.63, 3.8) is 0 Å². The predicted octanol–water partition coefficient (Wildman–Crippen LogP) is 1.08. The van der Waals surface area contributed by atoms with Crippen molar-refractivity contribution in [3.05, 3.63) is 33.4 Å². The van der Waals surface area contributed by atoms with Crippen molar-refractivity contribution in [1.82, 2.24) is 14.6 Å². The number of hydrogen-bond acceptors (Lipinski definition) is 3. The van der Waals surface area contributed by atoms with Crippen LogP contribution in [0.3, 0.4) is 0 Å². The Morgan fingerprint density at radius 2 is 2.43 bits per heavy atom. The summed E-state index contributed by atoms with van der Waals surface area (Å²) in [5, 5.41) is 4.26. The molecule has 72 valence electrons. The van der Waals surface area contributed by atoms with Gasteiger partial charge >= 0.3 is 0 Å². The maximum Gasteiger partial charge on any atom is 0.255 e. The summed E-state index contributed by atoms with van der Waals surface area (Å²) in [6, 6.07) is 0. The summed E-state index contributed by atoms with van der Waals surface area (Å²) < 4.78 is 1.85. The van der Waals surface area contributed by atoms with Gasteiger partial charge in [-0.15, -0.1) is 0 Å². The largest absolute Gasteiger partial charge is 0.306 e. The maximum absolute atomic E-state index is 11.7. The zero-order valence-corrected chi connectivity index (χ0v) is 8.52. The molecule has 0 bridgehead atoms. The monoisotopic (exact) mass is 207 g/mol. The molecule has 0 amide bonds. The van der Waals surface area contributed by atoms with Crippen molar-refractivity contribution in [2.45, 2.75) is 18.4 Å². The SMILES string of the molecule is Cc1cnn2c3c(c(=O)[nH]c12)CSC3. The Morgan fingerprint density at radius 1 is 1.57 bits per heavy atom. The Bertz CT molecular complexity index is 569. The van der Waals surface area contributed by atoms with Crippen LogP contribution >= 0.6 is 11.8 Å². The molecule has 0 atom stereocenters. The summed E-state index contributed by atoms with van der Waals surface area (Å²) >= 11 is 1.76. The van der Waals surface area contributed by atoms with E-state index >= 15 is 0 Å². The molecule has 3 heterocycles. The number of fused-ring (bicyclic) bond motifs is 3. The second-order valence-corrected chi connectivity index (χ2v) is 4.45. The second kappa shape index (κ2) is 2.63. The summed E-state index contributed by atoms with van der Waals surface area (Å²) in [7, 11) is 0. The van der Waals surface area contributed by atoms with E-state index in [-0.39, 0.29) is 5.56 Å². The second-order valence-electron chi connectivity index (χ2n) is 3.46. The first-order chi connectivity index (χ1) is 6.77. The standard InChI is InChI=1S/C9H9N3OS/c1-5-2-10-12-7-4-14-3-6(7)9(13)11-8(5)12/h2H,3-4H2,1H3,(H,11,13). The number of H-pyrrole nitrogens is 1. The van der Waals surface area contributed by atoms with Gasteiger partial charge in [0, 0.05) is 22.6 Å². The van der Waals surface area contributed by atoms with E-state index in [0.29, 0.717) is 0 Å². The number of hydrogen-bond donors (Lipinski definition) is 1. The zero-order valence-electron chi connectivity index (χ0n) is 7.70. The highest BCUT2D eigenvalue weighted by molar-refractivity contribution is 7.98. The Balaban J connectivity index is 2.54. The molecule has 0 saturated heterocycles. The lowest BCUT2D eigenvalue weighted by molar-refractivity contribution is 0.871. The first-order valence-electron chi connectivity index (χ1n) is 4.43. The van der Waals surface area contributed by atoms with Crippen molar-refractivity contribution in [3.8, 4) is 0 Å². The first-order valence-corrected chi connectivity index (χ1v) is 5.59. The molecule has 1 N–H and O–H groups in total. The van der Waals surface area contributed by atoms with Gasteiger partial charge in [0.25, 0.3) is 5.56 Å². The maximum atomic E-state index is 11.7. The van der Waals surface area contributed by atoms with E-state index in [9.17, 15) is 4.79 Å². The van der Waals surface area contributed by atoms with Crippen LogP contribution < -0.4 is 5.56 Å². The Hall–Kier alpha value is -1.23. The number of aryl methyl sites for hydroxylation is 1. The van der Waals surface area contributed by atoms with Crippen molar-refractivity contribution in [2.75, 3.05) is 0 Å². The van der Waals surface area contributed by atoms with Crippen LogP contribution in [-0.2, 0) is 11.5 Å². The first kappa shape index (κ1) is 8.11. The fourth-order valence-electron chi connectivity index (χ4n) is 1.78. The van der Waals surface area contributed by atoms with E-state index in [4.69, 9.17) is 0 Å². The van der Waals surface area contributed by atoms with Crippen LogP contribution in [0.15, 0.2) is 11.0 Å². The minimum atomic E-state index is 0.0427. The molecular weight excluding hydrogens is 198 g/mol. The van der Waals surface area contributed by atoms with Crippen molar-refractivity contribution in [2.24, 2.45) is 0 Å². The fourth-order valence-corrected chi connectivity index (χ4v) is 2.87. The third-order valence-corrected chi connectivity index (χ3v) is 3.52. The van der Waals surface area contributed by atoms with Gasteiger partial charge in [0.15, 0.2) is 0 Å². The lowest BCUT2D eigenvalue weighted by Crippen LogP contribution is -2.16. The van der Waals surface area contributed by atoms with E-state index in [1.807, 2.05) is 11.4 Å². The predicted molar refractivity (Wildman–Crippen MR) is 55.5 cm³/mol. The van der Waals surface area contributed by atoms with Crippen LogP contribution in [0.5, 0.6) is 0 Å². The van der Waals surface area contributed by atoms with E-state index < -0.39 is 0 Å². The lowest BCUT2D eigenvalue weighted by atomic mass is 10.2. The van der Waals surface area contributed by atoms with Gasteiger partial charge in [-0.05, 0) is 6.92 Å². The third-order valence-electron chi connectivity index (χ3n) is 2.55. The number of rotatable bonds is 0. The van der Waals surface area contributed by atoms with Crippen LogP contribution in [0, 0.1) is 6.92 Å². The summed E-state index contributed by atoms with van der Waals surface area (Å²) in [6.07, 6.45) is 1.79. The molecule has 3 rings (SSSR count). The van der Waals surface area contributed by atoms with Crippen molar-refractivity contribution >= 4 is 17.4 Å². The summed E-state index contributed by atoms with van der Waals surface area (Å²) in [5.74, 6) is 1.69. The Morgan fingerprint density at radius 3 is 3.29 bits per heavy atom. The molecule has 1 aliphatic heterocycles. The van der Waals surface area contributed by atoms with Gasteiger partial charge in [0.1, 0.15) is 5.65 Å². The van der Waals surface area contributed by atoms with E-state index in [2.05, 4.69) is 10.1 Å². The van der Waals surface area contributed by atoms with Crippen molar-refractivity contribution < 1.29 is 0 Å². The average molecular weight is 207 g/mol. The highest BCUT2D eigenvalue weighted by Gasteiger charge is 2.19. The molecule has 0 saturated carbocycles. The molecule has 2 aromatic heterocycles. The molecule has 2 aromatic rings. The fraction of sp³-hybridized carbons (Fsp3) is 0.333. The number of nitrogens with one attached hydrogen (secondary N) is 1. The number of aromatic nitrogens is 3. The van der Waals surface area contributed by atoms with Gasteiger partial charge in [-0.25, -0.2) is 4.52 Å². The lowest BCUT2D eigenvalue weighted by Gasteiger charge is -2.01. The normalized spacial score (nSPS) is 14.9. The van der Waals surface area contributed by atoms with Gasteiger partial charge in [-0.3, -0.25) is 4.79 Å². The van der Waals surface area contributed by atoms with E-state index in [1.54, 1.807) is 18.0 Å². The minimum Gasteiger partial charge on any atom is -0.306 e. The molecular formula is C9H9N3OS. The summed E-state index contributed by atoms with van der Waals surface area (Å²) in [4.78, 5) is 14.5. The quantitative estimate of drug-likeness (QED) is 0.703. The molecule has 5 heteroatoms. The summed E-state index contributed by atoms with van der Waals surface area (Å²) in [6.45, 7) is 1.95. The molecule has 0 aliphatic carbocycles. The highest BCUT2D eigenvalue weighted by atomic mass is 32.2. The van der Waals surface area contributed by atoms with Crippen LogP contribution in [-0.4, -0.2) is 14.6 Å². The molecule has 14 heavy (non-hydrogen) atoms. The molecule has 0 unspecified atom stereocenters. The van der Waals surface area contributed by atoms with Gasteiger partial charge in [-0.1, -0.05) is 0 Å². The molecule has 0 fully saturated rings. The highest BCUT2D eigenvalue weighted by Crippen LogP contribution is 2.27.